The number of aliphatic hydroxyl groups is 1. The third-order valence-electron chi connectivity index (χ3n) is 2.51. The number of carbonyl (C=O) groups is 1. The summed E-state index contributed by atoms with van der Waals surface area (Å²) in [7, 11) is 2.83. The monoisotopic (exact) mass is 254 g/mol. The van der Waals surface area contributed by atoms with Crippen molar-refractivity contribution in [1.82, 2.24) is 0 Å². The number of hydrogen-bond acceptors (Lipinski definition) is 5. The highest BCUT2D eigenvalue weighted by molar-refractivity contribution is 5.74. The molecule has 100 valence electrons. The van der Waals surface area contributed by atoms with E-state index in [-0.39, 0.29) is 0 Å². The summed E-state index contributed by atoms with van der Waals surface area (Å²) in [6.45, 7) is 3.20. The van der Waals surface area contributed by atoms with Crippen molar-refractivity contribution in [3.63, 3.8) is 0 Å². The minimum absolute atomic E-state index is 0.405. The van der Waals surface area contributed by atoms with Gasteiger partial charge in [0.2, 0.25) is 0 Å². The van der Waals surface area contributed by atoms with Crippen LogP contribution >= 0.6 is 0 Å². The lowest BCUT2D eigenvalue weighted by molar-refractivity contribution is -0.148. The van der Waals surface area contributed by atoms with Gasteiger partial charge in [0.15, 0.2) is 6.10 Å². The summed E-state index contributed by atoms with van der Waals surface area (Å²) in [5.74, 6) is 0.517. The van der Waals surface area contributed by atoms with Crippen molar-refractivity contribution in [2.24, 2.45) is 0 Å². The molecule has 1 N–H and O–H groups in total. The molecule has 0 aliphatic carbocycles. The molecule has 5 nitrogen and oxygen atoms in total. The normalized spacial score (nSPS) is 13.6. The summed E-state index contributed by atoms with van der Waals surface area (Å²) >= 11 is 0. The smallest absolute Gasteiger partial charge is 0.346 e. The van der Waals surface area contributed by atoms with Crippen molar-refractivity contribution in [2.75, 3.05) is 14.2 Å². The average molecular weight is 254 g/mol. The summed E-state index contributed by atoms with van der Waals surface area (Å²) in [5, 5.41) is 9.64. The molecule has 1 aromatic carbocycles. The lowest BCUT2D eigenvalue weighted by atomic mass is 10.1. The first-order valence-electron chi connectivity index (χ1n) is 5.60. The second-order valence-electron chi connectivity index (χ2n) is 3.86. The van der Waals surface area contributed by atoms with Crippen LogP contribution in [0.4, 0.5) is 0 Å². The second kappa shape index (κ2) is 6.26. The van der Waals surface area contributed by atoms with E-state index in [0.29, 0.717) is 17.1 Å². The Morgan fingerprint density at radius 2 is 1.94 bits per heavy atom. The maximum absolute atomic E-state index is 11.3. The van der Waals surface area contributed by atoms with Gasteiger partial charge in [-0.25, -0.2) is 4.79 Å². The van der Waals surface area contributed by atoms with Crippen LogP contribution in [0, 0.1) is 0 Å². The summed E-state index contributed by atoms with van der Waals surface area (Å²) < 4.78 is 15.2. The predicted molar refractivity (Wildman–Crippen MR) is 65.7 cm³/mol. The van der Waals surface area contributed by atoms with Crippen molar-refractivity contribution in [1.29, 1.82) is 0 Å². The van der Waals surface area contributed by atoms with Gasteiger partial charge in [0.1, 0.15) is 11.5 Å². The first-order chi connectivity index (χ1) is 8.49. The molecule has 0 amide bonds. The fourth-order valence-electron chi connectivity index (χ4n) is 1.49. The van der Waals surface area contributed by atoms with Crippen LogP contribution in [0.15, 0.2) is 18.2 Å². The van der Waals surface area contributed by atoms with Gasteiger partial charge in [0.25, 0.3) is 0 Å². The zero-order valence-corrected chi connectivity index (χ0v) is 11.0. The first-order valence-corrected chi connectivity index (χ1v) is 5.60. The van der Waals surface area contributed by atoms with Crippen LogP contribution in [-0.2, 0) is 9.53 Å². The molecule has 0 aliphatic rings. The Morgan fingerprint density at radius 1 is 1.28 bits per heavy atom. The molecule has 5 heteroatoms. The highest BCUT2D eigenvalue weighted by Gasteiger charge is 2.18. The van der Waals surface area contributed by atoms with Gasteiger partial charge in [0, 0.05) is 11.6 Å². The molecule has 0 saturated carbocycles. The number of esters is 1. The van der Waals surface area contributed by atoms with Crippen LogP contribution in [0.1, 0.15) is 25.5 Å². The molecule has 0 fully saturated rings. The Bertz CT molecular complexity index is 414. The van der Waals surface area contributed by atoms with Crippen molar-refractivity contribution >= 4 is 5.97 Å². The topological polar surface area (TPSA) is 65.0 Å². The number of benzene rings is 1. The van der Waals surface area contributed by atoms with Gasteiger partial charge in [-0.15, -0.1) is 0 Å². The lowest BCUT2D eigenvalue weighted by Crippen LogP contribution is -2.25. The summed E-state index contributed by atoms with van der Waals surface area (Å²) in [4.78, 5) is 11.3. The zero-order chi connectivity index (χ0) is 13.7. The predicted octanol–water partition coefficient (Wildman–Crippen LogP) is 1.69. The van der Waals surface area contributed by atoms with E-state index < -0.39 is 18.2 Å². The average Bonchev–Trinajstić information content (AvgIpc) is 2.37. The highest BCUT2D eigenvalue weighted by Crippen LogP contribution is 2.30. The number of ether oxygens (including phenoxy) is 3. The van der Waals surface area contributed by atoms with Gasteiger partial charge in [-0.1, -0.05) is 0 Å². The molecule has 1 aromatic rings. The minimum atomic E-state index is -0.750. The van der Waals surface area contributed by atoms with E-state index >= 15 is 0 Å². The molecular weight excluding hydrogens is 236 g/mol. The number of methoxy groups -OCH3 is 2. The van der Waals surface area contributed by atoms with Gasteiger partial charge in [-0.3, -0.25) is 0 Å². The standard InChI is InChI=1S/C13H18O5/c1-8(14)11-6-5-10(16-3)7-12(11)18-9(2)13(15)17-4/h5-9,14H,1-4H3/t8-,9?/m0/s1. The molecule has 0 saturated heterocycles. The second-order valence-corrected chi connectivity index (χ2v) is 3.86. The Morgan fingerprint density at radius 3 is 2.44 bits per heavy atom. The molecule has 2 atom stereocenters. The van der Waals surface area contributed by atoms with Crippen LogP contribution in [0.2, 0.25) is 0 Å². The van der Waals surface area contributed by atoms with Gasteiger partial charge in [0.05, 0.1) is 20.3 Å². The molecule has 0 aliphatic heterocycles. The fourth-order valence-corrected chi connectivity index (χ4v) is 1.49. The van der Waals surface area contributed by atoms with Crippen LogP contribution in [0.5, 0.6) is 11.5 Å². The van der Waals surface area contributed by atoms with Crippen LogP contribution < -0.4 is 9.47 Å². The quantitative estimate of drug-likeness (QED) is 0.810. The van der Waals surface area contributed by atoms with Gasteiger partial charge in [-0.2, -0.15) is 0 Å². The van der Waals surface area contributed by atoms with Crippen LogP contribution in [0.25, 0.3) is 0 Å². The van der Waals surface area contributed by atoms with E-state index in [4.69, 9.17) is 9.47 Å². The van der Waals surface area contributed by atoms with Crippen molar-refractivity contribution in [2.45, 2.75) is 26.1 Å². The number of aliphatic hydroxyl groups excluding tert-OH is 1. The van der Waals surface area contributed by atoms with E-state index in [2.05, 4.69) is 4.74 Å². The molecule has 0 heterocycles. The fraction of sp³-hybridized carbons (Fsp3) is 0.462. The van der Waals surface area contributed by atoms with Crippen LogP contribution in [0.3, 0.4) is 0 Å². The molecule has 1 unspecified atom stereocenters. The number of rotatable bonds is 5. The van der Waals surface area contributed by atoms with E-state index in [9.17, 15) is 9.90 Å². The highest BCUT2D eigenvalue weighted by atomic mass is 16.6. The number of carbonyl (C=O) groups excluding carboxylic acids is 1. The molecule has 18 heavy (non-hydrogen) atoms. The maximum atomic E-state index is 11.3. The number of hydrogen-bond donors (Lipinski definition) is 1. The summed E-state index contributed by atoms with van der Waals surface area (Å²) in [6.07, 6.45) is -1.45. The van der Waals surface area contributed by atoms with E-state index in [1.54, 1.807) is 32.0 Å². The van der Waals surface area contributed by atoms with E-state index in [1.807, 2.05) is 0 Å². The maximum Gasteiger partial charge on any atom is 0.346 e. The molecule has 0 aromatic heterocycles. The molecule has 0 radical (unpaired) electrons. The summed E-state index contributed by atoms with van der Waals surface area (Å²) in [6, 6.07) is 5.04. The third-order valence-corrected chi connectivity index (χ3v) is 2.51. The van der Waals surface area contributed by atoms with E-state index in [0.717, 1.165) is 0 Å². The largest absolute Gasteiger partial charge is 0.497 e. The molecule has 0 bridgehead atoms. The van der Waals surface area contributed by atoms with Gasteiger partial charge < -0.3 is 19.3 Å². The van der Waals surface area contributed by atoms with Crippen molar-refractivity contribution in [3.05, 3.63) is 23.8 Å². The van der Waals surface area contributed by atoms with Crippen molar-refractivity contribution in [3.8, 4) is 11.5 Å². The Balaban J connectivity index is 3.00. The minimum Gasteiger partial charge on any atom is -0.497 e. The molecule has 0 spiro atoms. The van der Waals surface area contributed by atoms with E-state index in [1.165, 1.54) is 14.2 Å². The van der Waals surface area contributed by atoms with Crippen molar-refractivity contribution < 1.29 is 24.1 Å². The SMILES string of the molecule is COC(=O)C(C)Oc1cc(OC)ccc1[C@H](C)O. The third kappa shape index (κ3) is 3.37. The molecule has 1 rings (SSSR count). The Hall–Kier alpha value is -1.75. The molecular formula is C13H18O5. The van der Waals surface area contributed by atoms with Crippen LogP contribution in [-0.4, -0.2) is 31.4 Å². The zero-order valence-electron chi connectivity index (χ0n) is 11.0. The Labute approximate surface area is 106 Å². The lowest BCUT2D eigenvalue weighted by Gasteiger charge is -2.17. The summed E-state index contributed by atoms with van der Waals surface area (Å²) in [5.41, 5.74) is 0.589. The van der Waals surface area contributed by atoms with Gasteiger partial charge >= 0.3 is 5.97 Å². The Kier molecular flexibility index (Phi) is 4.97. The van der Waals surface area contributed by atoms with Gasteiger partial charge in [-0.05, 0) is 26.0 Å². The first kappa shape index (κ1) is 14.3.